The third-order valence-corrected chi connectivity index (χ3v) is 2.30. The van der Waals surface area contributed by atoms with Crippen LogP contribution in [0.4, 0.5) is 13.2 Å². The summed E-state index contributed by atoms with van der Waals surface area (Å²) in [6.45, 7) is 0.672. The quantitative estimate of drug-likeness (QED) is 0.607. The van der Waals surface area contributed by atoms with E-state index in [-0.39, 0.29) is 5.56 Å². The van der Waals surface area contributed by atoms with Crippen molar-refractivity contribution in [2.45, 2.75) is 19.6 Å². The van der Waals surface area contributed by atoms with E-state index in [1.54, 1.807) is 0 Å². The molecule has 0 unspecified atom stereocenters. The number of hydrogen-bond donors (Lipinski definition) is 0. The van der Waals surface area contributed by atoms with Crippen molar-refractivity contribution < 1.29 is 32.1 Å². The highest BCUT2D eigenvalue weighted by Crippen LogP contribution is 2.15. The Morgan fingerprint density at radius 1 is 1.33 bits per heavy atom. The van der Waals surface area contributed by atoms with E-state index < -0.39 is 24.5 Å². The summed E-state index contributed by atoms with van der Waals surface area (Å²) in [7, 11) is 1.16. The Morgan fingerprint density at radius 3 is 2.44 bits per heavy atom. The van der Waals surface area contributed by atoms with Crippen molar-refractivity contribution in [2.75, 3.05) is 7.11 Å². The molecular weight excluding hydrogens is 251 g/mol. The van der Waals surface area contributed by atoms with Gasteiger partial charge < -0.3 is 4.74 Å². The monoisotopic (exact) mass is 262 g/mol. The minimum atomic E-state index is -4.89. The highest BCUT2D eigenvalue weighted by Gasteiger charge is 2.41. The molecule has 0 fully saturated rings. The molecule has 1 aromatic rings. The lowest BCUT2D eigenvalue weighted by molar-refractivity contribution is -0.691. The zero-order valence-corrected chi connectivity index (χ0v) is 9.75. The number of rotatable bonds is 3. The second-order valence-electron chi connectivity index (χ2n) is 3.60. The second-order valence-corrected chi connectivity index (χ2v) is 3.60. The zero-order valence-electron chi connectivity index (χ0n) is 9.75. The molecule has 0 atom stereocenters. The SMILES string of the molecule is COC(=O)c1ccc(C)[n+](CC(=O)C(F)(F)F)c1. The fourth-order valence-electron chi connectivity index (χ4n) is 1.27. The van der Waals surface area contributed by atoms with E-state index in [0.717, 1.165) is 17.9 Å². The van der Waals surface area contributed by atoms with Crippen molar-refractivity contribution in [1.82, 2.24) is 0 Å². The van der Waals surface area contributed by atoms with Gasteiger partial charge in [-0.2, -0.15) is 17.7 Å². The fourth-order valence-corrected chi connectivity index (χ4v) is 1.27. The molecule has 7 heteroatoms. The van der Waals surface area contributed by atoms with E-state index in [4.69, 9.17) is 0 Å². The van der Waals surface area contributed by atoms with Gasteiger partial charge >= 0.3 is 17.9 Å². The number of pyridine rings is 1. The number of Topliss-reactive ketones (excluding diaryl/α,β-unsaturated/α-hetero) is 1. The summed E-state index contributed by atoms with van der Waals surface area (Å²) < 4.78 is 41.9. The molecule has 1 rings (SSSR count). The van der Waals surface area contributed by atoms with Crippen LogP contribution in [0.3, 0.4) is 0 Å². The molecule has 18 heavy (non-hydrogen) atoms. The standard InChI is InChI=1S/C11H11F3NO3/c1-7-3-4-8(10(17)18-2)5-15(7)6-9(16)11(12,13)14/h3-5H,6H2,1-2H3/q+1. The summed E-state index contributed by atoms with van der Waals surface area (Å²) in [5.41, 5.74) is 0.512. The average Bonchev–Trinajstić information content (AvgIpc) is 2.29. The predicted octanol–water partition coefficient (Wildman–Crippen LogP) is 1.20. The van der Waals surface area contributed by atoms with Crippen molar-refractivity contribution in [3.8, 4) is 0 Å². The second kappa shape index (κ2) is 5.16. The number of methoxy groups -OCH3 is 1. The van der Waals surface area contributed by atoms with Crippen LogP contribution in [0.1, 0.15) is 16.1 Å². The number of alkyl halides is 3. The van der Waals surface area contributed by atoms with Crippen LogP contribution in [0.5, 0.6) is 0 Å². The first-order valence-electron chi connectivity index (χ1n) is 4.94. The van der Waals surface area contributed by atoms with Crippen LogP contribution < -0.4 is 4.57 Å². The summed E-state index contributed by atoms with van der Waals surface area (Å²) in [5.74, 6) is -2.55. The summed E-state index contributed by atoms with van der Waals surface area (Å²) >= 11 is 0. The normalized spacial score (nSPS) is 11.2. The highest BCUT2D eigenvalue weighted by molar-refractivity contribution is 5.88. The molecule has 0 aliphatic carbocycles. The van der Waals surface area contributed by atoms with Crippen molar-refractivity contribution in [3.63, 3.8) is 0 Å². The van der Waals surface area contributed by atoms with Crippen LogP contribution in [-0.2, 0) is 16.1 Å². The van der Waals surface area contributed by atoms with Crippen molar-refractivity contribution in [2.24, 2.45) is 0 Å². The molecule has 0 aliphatic rings. The first kappa shape index (κ1) is 14.1. The van der Waals surface area contributed by atoms with Gasteiger partial charge in [-0.15, -0.1) is 0 Å². The Balaban J connectivity index is 3.02. The summed E-state index contributed by atoms with van der Waals surface area (Å²) in [6, 6.07) is 2.85. The predicted molar refractivity (Wildman–Crippen MR) is 53.8 cm³/mol. The molecule has 0 radical (unpaired) electrons. The minimum absolute atomic E-state index is 0.0816. The average molecular weight is 262 g/mol. The van der Waals surface area contributed by atoms with E-state index in [9.17, 15) is 22.8 Å². The number of carbonyl (C=O) groups is 2. The molecule has 0 amide bonds. The van der Waals surface area contributed by atoms with Gasteiger partial charge in [-0.1, -0.05) is 0 Å². The smallest absolute Gasteiger partial charge is 0.456 e. The molecule has 1 heterocycles. The lowest BCUT2D eigenvalue weighted by atomic mass is 10.2. The molecule has 98 valence electrons. The van der Waals surface area contributed by atoms with Gasteiger partial charge in [0.1, 0.15) is 5.56 Å². The maximum Gasteiger partial charge on any atom is 0.456 e. The van der Waals surface area contributed by atoms with Gasteiger partial charge in [-0.3, -0.25) is 4.79 Å². The number of carbonyl (C=O) groups excluding carboxylic acids is 2. The number of nitrogens with zero attached hydrogens (tertiary/aromatic N) is 1. The molecule has 0 bridgehead atoms. The van der Waals surface area contributed by atoms with Crippen molar-refractivity contribution in [3.05, 3.63) is 29.6 Å². The Labute approximate surface area is 101 Å². The molecule has 0 aliphatic heterocycles. The molecule has 0 spiro atoms. The first-order chi connectivity index (χ1) is 8.25. The van der Waals surface area contributed by atoms with Gasteiger partial charge in [0.2, 0.25) is 6.54 Å². The van der Waals surface area contributed by atoms with Crippen LogP contribution in [0.25, 0.3) is 0 Å². The van der Waals surface area contributed by atoms with E-state index in [2.05, 4.69) is 4.74 Å². The van der Waals surface area contributed by atoms with Crippen molar-refractivity contribution >= 4 is 11.8 Å². The van der Waals surface area contributed by atoms with Gasteiger partial charge in [0.05, 0.1) is 7.11 Å². The molecule has 0 aromatic carbocycles. The van der Waals surface area contributed by atoms with Crippen LogP contribution in [0, 0.1) is 6.92 Å². The van der Waals surface area contributed by atoms with Crippen LogP contribution in [0.2, 0.25) is 0 Å². The molecule has 0 N–H and O–H groups in total. The molecule has 4 nitrogen and oxygen atoms in total. The van der Waals surface area contributed by atoms with Gasteiger partial charge in [-0.05, 0) is 6.07 Å². The number of halogens is 3. The fraction of sp³-hybridized carbons (Fsp3) is 0.364. The number of ketones is 1. The lowest BCUT2D eigenvalue weighted by Gasteiger charge is -2.05. The maximum atomic E-state index is 12.1. The van der Waals surface area contributed by atoms with Gasteiger partial charge in [0, 0.05) is 13.0 Å². The molecule has 1 aromatic heterocycles. The van der Waals surface area contributed by atoms with E-state index in [1.807, 2.05) is 0 Å². The summed E-state index contributed by atoms with van der Waals surface area (Å²) in [5, 5.41) is 0. The topological polar surface area (TPSA) is 47.2 Å². The Bertz CT molecular complexity index is 483. The van der Waals surface area contributed by atoms with Crippen LogP contribution in [-0.4, -0.2) is 25.0 Å². The number of aromatic nitrogens is 1. The lowest BCUT2D eigenvalue weighted by Crippen LogP contribution is -2.45. The van der Waals surface area contributed by atoms with Gasteiger partial charge in [0.15, 0.2) is 11.9 Å². The number of aryl methyl sites for hydroxylation is 1. The summed E-state index contributed by atoms with van der Waals surface area (Å²) in [4.78, 5) is 22.1. The van der Waals surface area contributed by atoms with E-state index in [0.29, 0.717) is 5.69 Å². The van der Waals surface area contributed by atoms with E-state index in [1.165, 1.54) is 19.1 Å². The zero-order chi connectivity index (χ0) is 13.9. The van der Waals surface area contributed by atoms with Gasteiger partial charge in [0.25, 0.3) is 0 Å². The van der Waals surface area contributed by atoms with Crippen LogP contribution in [0.15, 0.2) is 18.3 Å². The number of hydrogen-bond acceptors (Lipinski definition) is 3. The molecular formula is C11H11F3NO3+. The maximum absolute atomic E-state index is 12.1. The first-order valence-corrected chi connectivity index (χ1v) is 4.94. The number of esters is 1. The molecule has 0 saturated heterocycles. The Morgan fingerprint density at radius 2 is 1.94 bits per heavy atom. The molecule has 0 saturated carbocycles. The third-order valence-electron chi connectivity index (χ3n) is 2.30. The minimum Gasteiger partial charge on any atom is -0.465 e. The summed E-state index contributed by atoms with van der Waals surface area (Å²) in [6.07, 6.45) is -3.73. The van der Waals surface area contributed by atoms with E-state index >= 15 is 0 Å². The van der Waals surface area contributed by atoms with Crippen LogP contribution >= 0.6 is 0 Å². The van der Waals surface area contributed by atoms with Crippen molar-refractivity contribution in [1.29, 1.82) is 0 Å². The number of ether oxygens (including phenoxy) is 1. The largest absolute Gasteiger partial charge is 0.465 e. The Kier molecular flexibility index (Phi) is 4.05. The highest BCUT2D eigenvalue weighted by atomic mass is 19.4. The van der Waals surface area contributed by atoms with Gasteiger partial charge in [-0.25, -0.2) is 4.79 Å². The Hall–Kier alpha value is -1.92. The third kappa shape index (κ3) is 3.28.